The second kappa shape index (κ2) is 6.00. The van der Waals surface area contributed by atoms with Crippen LogP contribution in [0.2, 0.25) is 0 Å². The van der Waals surface area contributed by atoms with Gasteiger partial charge in [-0.15, -0.1) is 0 Å². The zero-order valence-electron chi connectivity index (χ0n) is 9.84. The van der Waals surface area contributed by atoms with E-state index >= 15 is 0 Å². The van der Waals surface area contributed by atoms with Gasteiger partial charge in [0.05, 0.1) is 12.3 Å². The number of ether oxygens (including phenoxy) is 1. The van der Waals surface area contributed by atoms with E-state index in [0.717, 1.165) is 17.0 Å². The molecule has 0 radical (unpaired) electrons. The fourth-order valence-electron chi connectivity index (χ4n) is 1.49. The molecule has 2 rings (SSSR count). The van der Waals surface area contributed by atoms with E-state index in [4.69, 9.17) is 15.7 Å². The molecule has 18 heavy (non-hydrogen) atoms. The third kappa shape index (κ3) is 3.19. The second-order valence-electron chi connectivity index (χ2n) is 3.75. The molecule has 2 aromatic rings. The van der Waals surface area contributed by atoms with Crippen molar-refractivity contribution in [2.75, 3.05) is 5.43 Å². The van der Waals surface area contributed by atoms with Crippen molar-refractivity contribution < 1.29 is 9.84 Å². The molecule has 0 unspecified atom stereocenters. The Balaban J connectivity index is 1.97. The number of aliphatic hydroxyl groups is 1. The lowest BCUT2D eigenvalue weighted by molar-refractivity contribution is 0.280. The molecule has 0 fully saturated rings. The molecule has 5 heteroatoms. The number of nitrogens with one attached hydrogen (secondary N) is 1. The van der Waals surface area contributed by atoms with Crippen LogP contribution in [0.15, 0.2) is 42.5 Å². The molecule has 0 bridgehead atoms. The molecule has 0 aliphatic carbocycles. The number of aliphatic hydroxyl groups excluding tert-OH is 1. The molecular formula is C13H15N3O2. The zero-order valence-corrected chi connectivity index (χ0v) is 9.84. The Bertz CT molecular complexity index is 500. The Hall–Kier alpha value is -2.11. The summed E-state index contributed by atoms with van der Waals surface area (Å²) in [6.45, 7) is 0.403. The van der Waals surface area contributed by atoms with Gasteiger partial charge in [0, 0.05) is 0 Å². The summed E-state index contributed by atoms with van der Waals surface area (Å²) in [5.41, 5.74) is 4.13. The van der Waals surface area contributed by atoms with E-state index in [0.29, 0.717) is 12.4 Å². The van der Waals surface area contributed by atoms with E-state index in [1.54, 1.807) is 6.07 Å². The Kier molecular flexibility index (Phi) is 4.11. The molecule has 1 aromatic heterocycles. The standard InChI is InChI=1S/C13H15N3O2/c14-16-13-3-1-2-11(15-13)9-18-12-6-4-10(8-17)5-7-12/h1-7,17H,8-9,14H2,(H,15,16). The first-order valence-corrected chi connectivity index (χ1v) is 5.57. The maximum Gasteiger partial charge on any atom is 0.140 e. The maximum atomic E-state index is 8.92. The molecule has 0 spiro atoms. The van der Waals surface area contributed by atoms with E-state index in [9.17, 15) is 0 Å². The Morgan fingerprint density at radius 3 is 2.61 bits per heavy atom. The van der Waals surface area contributed by atoms with Crippen LogP contribution in [0.4, 0.5) is 5.82 Å². The highest BCUT2D eigenvalue weighted by Gasteiger charge is 1.99. The predicted molar refractivity (Wildman–Crippen MR) is 68.7 cm³/mol. The monoisotopic (exact) mass is 245 g/mol. The Morgan fingerprint density at radius 2 is 1.94 bits per heavy atom. The van der Waals surface area contributed by atoms with Gasteiger partial charge in [-0.05, 0) is 29.8 Å². The maximum absolute atomic E-state index is 8.92. The van der Waals surface area contributed by atoms with Gasteiger partial charge in [-0.3, -0.25) is 0 Å². The summed E-state index contributed by atoms with van der Waals surface area (Å²) in [5.74, 6) is 6.62. The first kappa shape index (κ1) is 12.3. The summed E-state index contributed by atoms with van der Waals surface area (Å²) in [7, 11) is 0. The van der Waals surface area contributed by atoms with Crippen LogP contribution in [0.5, 0.6) is 5.75 Å². The molecule has 0 atom stereocenters. The minimum Gasteiger partial charge on any atom is -0.487 e. The molecule has 0 saturated heterocycles. The van der Waals surface area contributed by atoms with E-state index in [1.165, 1.54) is 0 Å². The van der Waals surface area contributed by atoms with Crippen LogP contribution in [0.25, 0.3) is 0 Å². The lowest BCUT2D eigenvalue weighted by Gasteiger charge is -2.07. The van der Waals surface area contributed by atoms with Gasteiger partial charge in [0.15, 0.2) is 0 Å². The molecular weight excluding hydrogens is 230 g/mol. The average Bonchev–Trinajstić information content (AvgIpc) is 2.46. The minimum absolute atomic E-state index is 0.0338. The summed E-state index contributed by atoms with van der Waals surface area (Å²) >= 11 is 0. The van der Waals surface area contributed by atoms with Crippen molar-refractivity contribution in [2.45, 2.75) is 13.2 Å². The summed E-state index contributed by atoms with van der Waals surface area (Å²) in [6, 6.07) is 12.8. The van der Waals surface area contributed by atoms with Crippen LogP contribution < -0.4 is 16.0 Å². The molecule has 4 N–H and O–H groups in total. The minimum atomic E-state index is 0.0338. The van der Waals surface area contributed by atoms with E-state index < -0.39 is 0 Å². The van der Waals surface area contributed by atoms with E-state index in [2.05, 4.69) is 10.4 Å². The van der Waals surface area contributed by atoms with Crippen LogP contribution in [-0.2, 0) is 13.2 Å². The van der Waals surface area contributed by atoms with Crippen molar-refractivity contribution in [2.24, 2.45) is 5.84 Å². The van der Waals surface area contributed by atoms with Crippen molar-refractivity contribution in [1.29, 1.82) is 0 Å². The third-order valence-corrected chi connectivity index (χ3v) is 2.45. The van der Waals surface area contributed by atoms with Gasteiger partial charge < -0.3 is 15.3 Å². The molecule has 5 nitrogen and oxygen atoms in total. The second-order valence-corrected chi connectivity index (χ2v) is 3.75. The first-order valence-electron chi connectivity index (χ1n) is 5.57. The average molecular weight is 245 g/mol. The van der Waals surface area contributed by atoms with E-state index in [1.807, 2.05) is 36.4 Å². The number of pyridine rings is 1. The largest absolute Gasteiger partial charge is 0.487 e. The van der Waals surface area contributed by atoms with E-state index in [-0.39, 0.29) is 6.61 Å². The normalized spacial score (nSPS) is 10.1. The molecule has 0 saturated carbocycles. The number of aromatic nitrogens is 1. The number of anilines is 1. The van der Waals surface area contributed by atoms with Crippen molar-refractivity contribution >= 4 is 5.82 Å². The van der Waals surface area contributed by atoms with Crippen molar-refractivity contribution in [3.05, 3.63) is 53.7 Å². The fraction of sp³-hybridized carbons (Fsp3) is 0.154. The van der Waals surface area contributed by atoms with Crippen LogP contribution in [0.1, 0.15) is 11.3 Å². The van der Waals surface area contributed by atoms with Crippen LogP contribution in [0, 0.1) is 0 Å². The molecule has 0 aliphatic rings. The number of hydrogen-bond acceptors (Lipinski definition) is 5. The molecule has 0 aliphatic heterocycles. The molecule has 1 aromatic carbocycles. The SMILES string of the molecule is NNc1cccc(COc2ccc(CO)cc2)n1. The van der Waals surface area contributed by atoms with Gasteiger partial charge in [-0.2, -0.15) is 0 Å². The molecule has 0 amide bonds. The Labute approximate surface area is 105 Å². The van der Waals surface area contributed by atoms with Gasteiger partial charge in [0.2, 0.25) is 0 Å². The third-order valence-electron chi connectivity index (χ3n) is 2.45. The number of nitrogens with two attached hydrogens (primary N) is 1. The van der Waals surface area contributed by atoms with Crippen molar-refractivity contribution in [3.63, 3.8) is 0 Å². The molecule has 1 heterocycles. The number of hydrogen-bond donors (Lipinski definition) is 3. The number of benzene rings is 1. The first-order chi connectivity index (χ1) is 8.81. The lowest BCUT2D eigenvalue weighted by atomic mass is 10.2. The summed E-state index contributed by atoms with van der Waals surface area (Å²) in [5, 5.41) is 8.92. The number of nitrogen functional groups attached to an aromatic ring is 1. The summed E-state index contributed by atoms with van der Waals surface area (Å²) in [4.78, 5) is 4.24. The number of rotatable bonds is 5. The quantitative estimate of drug-likeness (QED) is 0.548. The predicted octanol–water partition coefficient (Wildman–Crippen LogP) is 1.44. The highest BCUT2D eigenvalue weighted by Crippen LogP contribution is 2.14. The van der Waals surface area contributed by atoms with Crippen LogP contribution in [0.3, 0.4) is 0 Å². The number of hydrazine groups is 1. The van der Waals surface area contributed by atoms with Gasteiger partial charge in [0.1, 0.15) is 18.2 Å². The van der Waals surface area contributed by atoms with Gasteiger partial charge >= 0.3 is 0 Å². The number of nitrogens with zero attached hydrogens (tertiary/aromatic N) is 1. The van der Waals surface area contributed by atoms with Gasteiger partial charge in [0.25, 0.3) is 0 Å². The van der Waals surface area contributed by atoms with Crippen molar-refractivity contribution in [3.8, 4) is 5.75 Å². The van der Waals surface area contributed by atoms with Crippen molar-refractivity contribution in [1.82, 2.24) is 4.98 Å². The topological polar surface area (TPSA) is 80.4 Å². The highest BCUT2D eigenvalue weighted by atomic mass is 16.5. The molecule has 94 valence electrons. The van der Waals surface area contributed by atoms with Crippen LogP contribution >= 0.6 is 0 Å². The highest BCUT2D eigenvalue weighted by molar-refractivity contribution is 5.33. The van der Waals surface area contributed by atoms with Gasteiger partial charge in [-0.25, -0.2) is 10.8 Å². The summed E-state index contributed by atoms with van der Waals surface area (Å²) < 4.78 is 5.58. The van der Waals surface area contributed by atoms with Crippen LogP contribution in [-0.4, -0.2) is 10.1 Å². The smallest absolute Gasteiger partial charge is 0.140 e. The summed E-state index contributed by atoms with van der Waals surface area (Å²) in [6.07, 6.45) is 0. The zero-order chi connectivity index (χ0) is 12.8. The van der Waals surface area contributed by atoms with Gasteiger partial charge in [-0.1, -0.05) is 18.2 Å². The Morgan fingerprint density at radius 1 is 1.17 bits per heavy atom. The lowest BCUT2D eigenvalue weighted by Crippen LogP contribution is -2.09. The fourth-order valence-corrected chi connectivity index (χ4v) is 1.49.